The first-order valence-corrected chi connectivity index (χ1v) is 7.65. The van der Waals surface area contributed by atoms with Crippen LogP contribution in [0.2, 0.25) is 0 Å². The number of rotatable bonds is 8. The van der Waals surface area contributed by atoms with Crippen molar-refractivity contribution in [2.45, 2.75) is 26.8 Å². The molecule has 0 amide bonds. The topological polar surface area (TPSA) is 84.0 Å². The average Bonchev–Trinajstić information content (AvgIpc) is 2.33. The van der Waals surface area contributed by atoms with Crippen LogP contribution in [0.4, 0.5) is 0 Å². The molecule has 2 N–H and O–H groups in total. The zero-order valence-corrected chi connectivity index (χ0v) is 11.6. The normalized spacial score (nSPS) is 11.7. The van der Waals surface area contributed by atoms with Crippen molar-refractivity contribution in [1.82, 2.24) is 20.0 Å². The van der Waals surface area contributed by atoms with Gasteiger partial charge in [-0.05, 0) is 32.5 Å². The van der Waals surface area contributed by atoms with Crippen LogP contribution in [0, 0.1) is 6.92 Å². The number of sulfonamides is 1. The molecule has 0 radical (unpaired) electrons. The van der Waals surface area contributed by atoms with E-state index in [1.807, 2.05) is 6.92 Å². The van der Waals surface area contributed by atoms with Crippen molar-refractivity contribution < 1.29 is 8.42 Å². The fourth-order valence-electron chi connectivity index (χ4n) is 1.42. The van der Waals surface area contributed by atoms with E-state index in [0.29, 0.717) is 24.5 Å². The van der Waals surface area contributed by atoms with Gasteiger partial charge in [0.15, 0.2) is 0 Å². The summed E-state index contributed by atoms with van der Waals surface area (Å²) in [6.07, 6.45) is 2.23. The second-order valence-corrected chi connectivity index (χ2v) is 5.87. The highest BCUT2D eigenvalue weighted by Gasteiger charge is 2.09. The van der Waals surface area contributed by atoms with E-state index in [1.165, 1.54) is 0 Å². The van der Waals surface area contributed by atoms with Crippen molar-refractivity contribution >= 4 is 10.0 Å². The molecule has 6 nitrogen and oxygen atoms in total. The molecule has 0 fully saturated rings. The molecule has 0 spiro atoms. The molecule has 0 atom stereocenters. The van der Waals surface area contributed by atoms with Gasteiger partial charge in [0, 0.05) is 6.20 Å². The maximum Gasteiger partial charge on any atom is 0.211 e. The van der Waals surface area contributed by atoms with Crippen molar-refractivity contribution in [3.05, 3.63) is 23.8 Å². The SMILES string of the molecule is CCNCCCS(=O)(=O)NCc1ccnc(C)n1. The number of nitrogens with one attached hydrogen (secondary N) is 2. The minimum Gasteiger partial charge on any atom is -0.317 e. The predicted molar refractivity (Wildman–Crippen MR) is 70.6 cm³/mol. The molecule has 18 heavy (non-hydrogen) atoms. The Hall–Kier alpha value is -1.05. The molecule has 0 aliphatic carbocycles. The highest BCUT2D eigenvalue weighted by Crippen LogP contribution is 1.96. The molecule has 0 saturated heterocycles. The number of hydrogen-bond acceptors (Lipinski definition) is 5. The fraction of sp³-hybridized carbons (Fsp3) is 0.636. The number of hydrogen-bond donors (Lipinski definition) is 2. The number of aromatic nitrogens is 2. The Bertz CT molecular complexity index is 462. The Balaban J connectivity index is 2.37. The van der Waals surface area contributed by atoms with E-state index in [0.717, 1.165) is 6.54 Å². The standard InChI is InChI=1S/C11H20N4O2S/c1-3-12-6-4-8-18(16,17)14-9-11-5-7-13-10(2)15-11/h5,7,12,14H,3-4,6,8-9H2,1-2H3. The summed E-state index contributed by atoms with van der Waals surface area (Å²) in [5, 5.41) is 3.09. The van der Waals surface area contributed by atoms with Crippen LogP contribution in [0.3, 0.4) is 0 Å². The van der Waals surface area contributed by atoms with Crippen molar-refractivity contribution in [3.63, 3.8) is 0 Å². The molecule has 1 heterocycles. The summed E-state index contributed by atoms with van der Waals surface area (Å²) in [7, 11) is -3.22. The first-order chi connectivity index (χ1) is 8.53. The van der Waals surface area contributed by atoms with Crippen LogP contribution in [-0.2, 0) is 16.6 Å². The minimum atomic E-state index is -3.22. The maximum atomic E-state index is 11.7. The van der Waals surface area contributed by atoms with Crippen molar-refractivity contribution in [1.29, 1.82) is 0 Å². The molecule has 1 aromatic heterocycles. The van der Waals surface area contributed by atoms with Crippen LogP contribution in [0.15, 0.2) is 12.3 Å². The summed E-state index contributed by atoms with van der Waals surface area (Å²) in [5.41, 5.74) is 0.678. The summed E-state index contributed by atoms with van der Waals surface area (Å²) in [6.45, 7) is 5.54. The van der Waals surface area contributed by atoms with Gasteiger partial charge in [0.2, 0.25) is 10.0 Å². The summed E-state index contributed by atoms with van der Waals surface area (Å²) in [4.78, 5) is 8.09. The van der Waals surface area contributed by atoms with Crippen LogP contribution < -0.4 is 10.0 Å². The molecular weight excluding hydrogens is 252 g/mol. The van der Waals surface area contributed by atoms with E-state index in [9.17, 15) is 8.42 Å². The lowest BCUT2D eigenvalue weighted by molar-refractivity contribution is 0.574. The van der Waals surface area contributed by atoms with Gasteiger partial charge in [0.25, 0.3) is 0 Å². The van der Waals surface area contributed by atoms with Crippen molar-refractivity contribution in [2.75, 3.05) is 18.8 Å². The Morgan fingerprint density at radius 2 is 2.17 bits per heavy atom. The molecule has 1 aromatic rings. The van der Waals surface area contributed by atoms with Gasteiger partial charge >= 0.3 is 0 Å². The summed E-state index contributed by atoms with van der Waals surface area (Å²) in [5.74, 6) is 0.767. The third kappa shape index (κ3) is 6.04. The van der Waals surface area contributed by atoms with Gasteiger partial charge in [-0.15, -0.1) is 0 Å². The number of aryl methyl sites for hydroxylation is 1. The van der Waals surface area contributed by atoms with Crippen LogP contribution in [0.25, 0.3) is 0 Å². The van der Waals surface area contributed by atoms with Crippen LogP contribution >= 0.6 is 0 Å². The Morgan fingerprint density at radius 1 is 1.39 bits per heavy atom. The average molecular weight is 272 g/mol. The lowest BCUT2D eigenvalue weighted by atomic mass is 10.4. The largest absolute Gasteiger partial charge is 0.317 e. The smallest absolute Gasteiger partial charge is 0.211 e. The molecule has 0 aliphatic heterocycles. The minimum absolute atomic E-state index is 0.129. The molecule has 102 valence electrons. The van der Waals surface area contributed by atoms with Gasteiger partial charge in [-0.2, -0.15) is 0 Å². The van der Waals surface area contributed by atoms with Crippen molar-refractivity contribution in [3.8, 4) is 0 Å². The highest BCUT2D eigenvalue weighted by molar-refractivity contribution is 7.89. The quantitative estimate of drug-likeness (QED) is 0.661. The van der Waals surface area contributed by atoms with Crippen LogP contribution in [-0.4, -0.2) is 37.2 Å². The molecule has 0 bridgehead atoms. The summed E-state index contributed by atoms with van der Waals surface area (Å²) >= 11 is 0. The van der Waals surface area contributed by atoms with Gasteiger partial charge in [0.1, 0.15) is 5.82 Å². The second kappa shape index (κ2) is 7.40. The lowest BCUT2D eigenvalue weighted by Crippen LogP contribution is -2.28. The Morgan fingerprint density at radius 3 is 2.83 bits per heavy atom. The van der Waals surface area contributed by atoms with Gasteiger partial charge in [-0.1, -0.05) is 6.92 Å². The van der Waals surface area contributed by atoms with Gasteiger partial charge in [-0.25, -0.2) is 23.1 Å². The van der Waals surface area contributed by atoms with Gasteiger partial charge < -0.3 is 5.32 Å². The first-order valence-electron chi connectivity index (χ1n) is 6.00. The van der Waals surface area contributed by atoms with Gasteiger partial charge in [0.05, 0.1) is 18.0 Å². The summed E-state index contributed by atoms with van der Waals surface area (Å²) < 4.78 is 25.9. The molecule has 0 aliphatic rings. The third-order valence-electron chi connectivity index (χ3n) is 2.32. The van der Waals surface area contributed by atoms with Crippen molar-refractivity contribution in [2.24, 2.45) is 0 Å². The van der Waals surface area contributed by atoms with E-state index >= 15 is 0 Å². The highest BCUT2D eigenvalue weighted by atomic mass is 32.2. The lowest BCUT2D eigenvalue weighted by Gasteiger charge is -2.06. The molecule has 0 saturated carbocycles. The number of nitrogens with zero attached hydrogens (tertiary/aromatic N) is 2. The first kappa shape index (κ1) is 15.0. The Labute approximate surface area is 108 Å². The van der Waals surface area contributed by atoms with Gasteiger partial charge in [-0.3, -0.25) is 0 Å². The fourth-order valence-corrected chi connectivity index (χ4v) is 2.46. The van der Waals surface area contributed by atoms with E-state index in [1.54, 1.807) is 19.2 Å². The Kier molecular flexibility index (Phi) is 6.17. The van der Waals surface area contributed by atoms with E-state index in [4.69, 9.17) is 0 Å². The maximum absolute atomic E-state index is 11.7. The monoisotopic (exact) mass is 272 g/mol. The zero-order chi connectivity index (χ0) is 13.4. The molecule has 7 heteroatoms. The van der Waals surface area contributed by atoms with E-state index in [2.05, 4.69) is 20.0 Å². The zero-order valence-electron chi connectivity index (χ0n) is 10.8. The molecule has 0 aromatic carbocycles. The summed E-state index contributed by atoms with van der Waals surface area (Å²) in [6, 6.07) is 1.70. The third-order valence-corrected chi connectivity index (χ3v) is 3.73. The van der Waals surface area contributed by atoms with Crippen LogP contribution in [0.1, 0.15) is 24.9 Å². The van der Waals surface area contributed by atoms with Crippen LogP contribution in [0.5, 0.6) is 0 Å². The van der Waals surface area contributed by atoms with E-state index < -0.39 is 10.0 Å². The van der Waals surface area contributed by atoms with E-state index in [-0.39, 0.29) is 12.3 Å². The second-order valence-electron chi connectivity index (χ2n) is 3.94. The molecular formula is C11H20N4O2S. The molecule has 0 unspecified atom stereocenters. The predicted octanol–water partition coefficient (Wildman–Crippen LogP) is 0.204. The molecule has 1 rings (SSSR count).